The molecule has 0 radical (unpaired) electrons. The van der Waals surface area contributed by atoms with Crippen LogP contribution in [0.25, 0.3) is 0 Å². The Kier molecular flexibility index (Phi) is 14.9. The van der Waals surface area contributed by atoms with Crippen LogP contribution in [-0.4, -0.2) is 38.4 Å². The maximum absolute atomic E-state index is 12.1. The van der Waals surface area contributed by atoms with Crippen molar-refractivity contribution in [3.05, 3.63) is 0 Å². The summed E-state index contributed by atoms with van der Waals surface area (Å²) in [6.45, 7) is 7.74. The molecule has 0 aromatic rings. The number of epoxide rings is 1. The van der Waals surface area contributed by atoms with Gasteiger partial charge in [0.2, 0.25) is 5.91 Å². The topological polar surface area (TPSA) is 50.9 Å². The molecule has 2 unspecified atom stereocenters. The van der Waals surface area contributed by atoms with Gasteiger partial charge in [0.1, 0.15) is 6.10 Å². The first-order valence-electron chi connectivity index (χ1n) is 11.2. The first-order chi connectivity index (χ1) is 12.8. The number of carbonyl (C=O) groups excluding carboxylic acids is 1. The van der Waals surface area contributed by atoms with Crippen molar-refractivity contribution in [2.75, 3.05) is 26.4 Å². The lowest BCUT2D eigenvalue weighted by atomic mass is 9.98. The van der Waals surface area contributed by atoms with Gasteiger partial charge in [-0.25, -0.2) is 0 Å². The number of nitrogens with one attached hydrogen (secondary N) is 1. The smallest absolute Gasteiger partial charge is 0.223 e. The molecule has 2 atom stereocenters. The lowest BCUT2D eigenvalue weighted by Gasteiger charge is -2.14. The van der Waals surface area contributed by atoms with E-state index in [1.54, 1.807) is 0 Å². The van der Waals surface area contributed by atoms with Gasteiger partial charge in [-0.3, -0.25) is 4.79 Å². The molecule has 0 spiro atoms. The van der Waals surface area contributed by atoms with Gasteiger partial charge in [-0.05, 0) is 25.7 Å². The number of unbranched alkanes of at least 4 members (excludes halogenated alkanes) is 9. The Morgan fingerprint density at radius 3 is 2.19 bits per heavy atom. The SMILES string of the molecule is CCCCC(CC)C(=O)NCCCCCCCCCCCOCC1CO1. The molecule has 0 aromatic carbocycles. The molecular weight excluding hydrogens is 326 g/mol. The number of hydrogen-bond donors (Lipinski definition) is 1. The highest BCUT2D eigenvalue weighted by Gasteiger charge is 2.21. The summed E-state index contributed by atoms with van der Waals surface area (Å²) in [5.41, 5.74) is 0. The third-order valence-electron chi connectivity index (χ3n) is 5.24. The lowest BCUT2D eigenvalue weighted by Crippen LogP contribution is -2.31. The van der Waals surface area contributed by atoms with Gasteiger partial charge in [-0.1, -0.05) is 71.6 Å². The van der Waals surface area contributed by atoms with Gasteiger partial charge in [0.05, 0.1) is 13.2 Å². The number of amides is 1. The van der Waals surface area contributed by atoms with Gasteiger partial charge < -0.3 is 14.8 Å². The summed E-state index contributed by atoms with van der Waals surface area (Å²) in [5.74, 6) is 0.497. The molecule has 0 bridgehead atoms. The average molecular weight is 370 g/mol. The molecule has 4 heteroatoms. The minimum atomic E-state index is 0.224. The molecule has 1 aliphatic heterocycles. The molecule has 154 valence electrons. The maximum Gasteiger partial charge on any atom is 0.223 e. The fraction of sp³-hybridized carbons (Fsp3) is 0.955. The van der Waals surface area contributed by atoms with Crippen LogP contribution in [0, 0.1) is 5.92 Å². The summed E-state index contributed by atoms with van der Waals surface area (Å²) < 4.78 is 10.7. The highest BCUT2D eigenvalue weighted by Crippen LogP contribution is 2.13. The molecule has 1 fully saturated rings. The Morgan fingerprint density at radius 1 is 1.00 bits per heavy atom. The number of ether oxygens (including phenoxy) is 2. The van der Waals surface area contributed by atoms with E-state index in [-0.39, 0.29) is 11.8 Å². The molecule has 4 nitrogen and oxygen atoms in total. The van der Waals surface area contributed by atoms with E-state index < -0.39 is 0 Å². The van der Waals surface area contributed by atoms with Crippen molar-refractivity contribution in [2.45, 2.75) is 103 Å². The zero-order chi connectivity index (χ0) is 18.9. The van der Waals surface area contributed by atoms with Crippen molar-refractivity contribution < 1.29 is 14.3 Å². The van der Waals surface area contributed by atoms with Crippen LogP contribution in [-0.2, 0) is 14.3 Å². The maximum atomic E-state index is 12.1. The van der Waals surface area contributed by atoms with Crippen LogP contribution in [0.2, 0.25) is 0 Å². The first kappa shape index (κ1) is 23.4. The molecule has 0 aromatic heterocycles. The van der Waals surface area contributed by atoms with Gasteiger partial charge in [0.25, 0.3) is 0 Å². The highest BCUT2D eigenvalue weighted by atomic mass is 16.6. The van der Waals surface area contributed by atoms with E-state index in [4.69, 9.17) is 9.47 Å². The molecule has 0 saturated carbocycles. The van der Waals surface area contributed by atoms with Crippen LogP contribution in [0.5, 0.6) is 0 Å². The third-order valence-corrected chi connectivity index (χ3v) is 5.24. The molecule has 1 heterocycles. The van der Waals surface area contributed by atoms with Crippen LogP contribution >= 0.6 is 0 Å². The predicted octanol–water partition coefficient (Wildman–Crippen LogP) is 5.25. The highest BCUT2D eigenvalue weighted by molar-refractivity contribution is 5.78. The second-order valence-electron chi connectivity index (χ2n) is 7.75. The first-order valence-corrected chi connectivity index (χ1v) is 11.2. The van der Waals surface area contributed by atoms with E-state index in [0.717, 1.165) is 52.0 Å². The molecule has 1 N–H and O–H groups in total. The van der Waals surface area contributed by atoms with Crippen molar-refractivity contribution in [3.63, 3.8) is 0 Å². The van der Waals surface area contributed by atoms with Crippen LogP contribution in [0.1, 0.15) is 97.3 Å². The monoisotopic (exact) mass is 369 g/mol. The van der Waals surface area contributed by atoms with Crippen molar-refractivity contribution >= 4 is 5.91 Å². The van der Waals surface area contributed by atoms with Gasteiger partial charge >= 0.3 is 0 Å². The quantitative estimate of drug-likeness (QED) is 0.250. The third kappa shape index (κ3) is 13.6. The van der Waals surface area contributed by atoms with Crippen LogP contribution in [0.4, 0.5) is 0 Å². The molecule has 1 saturated heterocycles. The zero-order valence-electron chi connectivity index (χ0n) is 17.4. The summed E-state index contributed by atoms with van der Waals surface area (Å²) in [4.78, 5) is 12.1. The summed E-state index contributed by atoms with van der Waals surface area (Å²) in [6.07, 6.45) is 16.2. The standard InChI is InChI=1S/C22H43NO3/c1-3-5-15-20(4-2)22(24)23-16-13-11-9-7-6-8-10-12-14-17-25-18-21-19-26-21/h20-21H,3-19H2,1-2H3,(H,23,24). The second kappa shape index (κ2) is 16.6. The minimum absolute atomic E-state index is 0.224. The summed E-state index contributed by atoms with van der Waals surface area (Å²) in [5, 5.41) is 3.13. The molecule has 26 heavy (non-hydrogen) atoms. The van der Waals surface area contributed by atoms with E-state index in [9.17, 15) is 4.79 Å². The van der Waals surface area contributed by atoms with E-state index in [0.29, 0.717) is 6.10 Å². The fourth-order valence-corrected chi connectivity index (χ4v) is 3.27. The van der Waals surface area contributed by atoms with Crippen LogP contribution < -0.4 is 5.32 Å². The second-order valence-corrected chi connectivity index (χ2v) is 7.75. The minimum Gasteiger partial charge on any atom is -0.379 e. The van der Waals surface area contributed by atoms with Gasteiger partial charge in [-0.2, -0.15) is 0 Å². The van der Waals surface area contributed by atoms with Crippen molar-refractivity contribution in [2.24, 2.45) is 5.92 Å². The van der Waals surface area contributed by atoms with Crippen molar-refractivity contribution in [1.29, 1.82) is 0 Å². The number of carbonyl (C=O) groups is 1. The molecule has 0 aliphatic carbocycles. The number of rotatable bonds is 19. The molecule has 1 amide bonds. The van der Waals surface area contributed by atoms with Gasteiger partial charge in [0.15, 0.2) is 0 Å². The van der Waals surface area contributed by atoms with Crippen molar-refractivity contribution in [3.8, 4) is 0 Å². The van der Waals surface area contributed by atoms with E-state index in [1.165, 1.54) is 57.8 Å². The van der Waals surface area contributed by atoms with Crippen molar-refractivity contribution in [1.82, 2.24) is 5.32 Å². The van der Waals surface area contributed by atoms with Crippen LogP contribution in [0.15, 0.2) is 0 Å². The molecular formula is C22H43NO3. The van der Waals surface area contributed by atoms with Crippen LogP contribution in [0.3, 0.4) is 0 Å². The fourth-order valence-electron chi connectivity index (χ4n) is 3.27. The largest absolute Gasteiger partial charge is 0.379 e. The molecule has 1 rings (SSSR count). The molecule has 1 aliphatic rings. The Morgan fingerprint density at radius 2 is 1.62 bits per heavy atom. The summed E-state index contributed by atoms with van der Waals surface area (Å²) in [7, 11) is 0. The number of hydrogen-bond acceptors (Lipinski definition) is 3. The normalized spacial score (nSPS) is 17.2. The zero-order valence-corrected chi connectivity index (χ0v) is 17.4. The predicted molar refractivity (Wildman–Crippen MR) is 108 cm³/mol. The Labute approximate surface area is 161 Å². The summed E-state index contributed by atoms with van der Waals surface area (Å²) >= 11 is 0. The van der Waals surface area contributed by atoms with E-state index in [1.807, 2.05) is 0 Å². The summed E-state index contributed by atoms with van der Waals surface area (Å²) in [6, 6.07) is 0. The van der Waals surface area contributed by atoms with E-state index in [2.05, 4.69) is 19.2 Å². The average Bonchev–Trinajstić information content (AvgIpc) is 3.47. The lowest BCUT2D eigenvalue weighted by molar-refractivity contribution is -0.125. The van der Waals surface area contributed by atoms with Gasteiger partial charge in [-0.15, -0.1) is 0 Å². The van der Waals surface area contributed by atoms with Gasteiger partial charge in [0, 0.05) is 19.1 Å². The Bertz CT molecular complexity index is 331. The van der Waals surface area contributed by atoms with E-state index >= 15 is 0 Å². The Balaban J connectivity index is 1.76. The Hall–Kier alpha value is -0.610.